The van der Waals surface area contributed by atoms with Crippen molar-refractivity contribution < 1.29 is 23.5 Å². The molecule has 0 atom stereocenters. The molecule has 3 rings (SSSR count). The Morgan fingerprint density at radius 2 is 1.76 bits per heavy atom. The van der Waals surface area contributed by atoms with Crippen LogP contribution in [-0.4, -0.2) is 66.9 Å². The first-order valence-electron chi connectivity index (χ1n) is 11.7. The van der Waals surface area contributed by atoms with Crippen LogP contribution in [0.2, 0.25) is 0 Å². The minimum absolute atomic E-state index is 0.00481. The number of likely N-dealkylation sites (tertiary alicyclic amines) is 1. The van der Waals surface area contributed by atoms with E-state index < -0.39 is 5.97 Å². The second kappa shape index (κ2) is 12.1. The Labute approximate surface area is 203 Å². The zero-order valence-electron chi connectivity index (χ0n) is 19.9. The standard InChI is InChI=1S/C25H32FN3O4S/c1-4-29(5-2)24(31)18-11-13-28(14-12-18)15-21(30)27-23-22(25(32)33-6-3)20(16-34-23)17-7-9-19(26)10-8-17/h7-10,16,18H,4-6,11-15H2,1-3H3,(H,27,30). The van der Waals surface area contributed by atoms with Crippen LogP contribution in [0.4, 0.5) is 9.39 Å². The average molecular weight is 490 g/mol. The molecule has 0 aliphatic carbocycles. The number of halogens is 1. The zero-order valence-corrected chi connectivity index (χ0v) is 20.8. The van der Waals surface area contributed by atoms with Crippen LogP contribution in [0.1, 0.15) is 44.0 Å². The summed E-state index contributed by atoms with van der Waals surface area (Å²) < 4.78 is 18.6. The summed E-state index contributed by atoms with van der Waals surface area (Å²) in [5, 5.41) is 5.03. The molecule has 1 N–H and O–H groups in total. The van der Waals surface area contributed by atoms with Gasteiger partial charge in [0.15, 0.2) is 0 Å². The normalized spacial score (nSPS) is 14.6. The fourth-order valence-corrected chi connectivity index (χ4v) is 5.17. The lowest BCUT2D eigenvalue weighted by atomic mass is 9.95. The van der Waals surface area contributed by atoms with Gasteiger partial charge < -0.3 is 15.0 Å². The lowest BCUT2D eigenvalue weighted by Gasteiger charge is -2.33. The molecule has 1 aliphatic rings. The van der Waals surface area contributed by atoms with Gasteiger partial charge in [0.05, 0.1) is 13.2 Å². The third kappa shape index (κ3) is 6.21. The molecule has 34 heavy (non-hydrogen) atoms. The van der Waals surface area contributed by atoms with E-state index in [9.17, 15) is 18.8 Å². The van der Waals surface area contributed by atoms with E-state index in [-0.39, 0.29) is 42.3 Å². The molecule has 1 saturated heterocycles. The molecule has 0 unspecified atom stereocenters. The number of thiophene rings is 1. The van der Waals surface area contributed by atoms with Crippen LogP contribution in [0.25, 0.3) is 11.1 Å². The maximum atomic E-state index is 13.4. The number of amides is 2. The number of carbonyl (C=O) groups is 3. The number of carbonyl (C=O) groups excluding carboxylic acids is 3. The van der Waals surface area contributed by atoms with Crippen LogP contribution in [0.5, 0.6) is 0 Å². The van der Waals surface area contributed by atoms with Gasteiger partial charge in [-0.3, -0.25) is 14.5 Å². The summed E-state index contributed by atoms with van der Waals surface area (Å²) >= 11 is 1.24. The van der Waals surface area contributed by atoms with Crippen LogP contribution < -0.4 is 5.32 Å². The Morgan fingerprint density at radius 1 is 1.12 bits per heavy atom. The third-order valence-corrected chi connectivity index (χ3v) is 6.95. The Morgan fingerprint density at radius 3 is 2.35 bits per heavy atom. The first-order chi connectivity index (χ1) is 16.4. The van der Waals surface area contributed by atoms with Crippen LogP contribution in [0.3, 0.4) is 0 Å². The van der Waals surface area contributed by atoms with Crippen molar-refractivity contribution in [2.24, 2.45) is 5.92 Å². The number of nitrogens with zero attached hydrogens (tertiary/aromatic N) is 2. The van der Waals surface area contributed by atoms with Gasteiger partial charge in [0.1, 0.15) is 16.4 Å². The summed E-state index contributed by atoms with van der Waals surface area (Å²) in [5.74, 6) is -0.932. The Bertz CT molecular complexity index is 996. The van der Waals surface area contributed by atoms with Crippen molar-refractivity contribution in [3.63, 3.8) is 0 Å². The zero-order chi connectivity index (χ0) is 24.7. The van der Waals surface area contributed by atoms with Crippen molar-refractivity contribution in [2.75, 3.05) is 44.6 Å². The summed E-state index contributed by atoms with van der Waals surface area (Å²) in [4.78, 5) is 41.9. The van der Waals surface area contributed by atoms with Gasteiger partial charge in [-0.15, -0.1) is 11.3 Å². The van der Waals surface area contributed by atoms with Gasteiger partial charge in [0, 0.05) is 30.0 Å². The quantitative estimate of drug-likeness (QED) is 0.533. The molecule has 0 spiro atoms. The second-order valence-electron chi connectivity index (χ2n) is 8.19. The van der Waals surface area contributed by atoms with Gasteiger partial charge in [-0.05, 0) is 64.4 Å². The molecule has 2 heterocycles. The van der Waals surface area contributed by atoms with Crippen LogP contribution in [0.15, 0.2) is 29.6 Å². The van der Waals surface area contributed by atoms with E-state index in [0.717, 1.165) is 12.8 Å². The summed E-state index contributed by atoms with van der Waals surface area (Å²) in [5.41, 5.74) is 1.53. The smallest absolute Gasteiger partial charge is 0.341 e. The maximum Gasteiger partial charge on any atom is 0.341 e. The van der Waals surface area contributed by atoms with Crippen molar-refractivity contribution in [3.8, 4) is 11.1 Å². The van der Waals surface area contributed by atoms with Crippen LogP contribution in [0, 0.1) is 11.7 Å². The van der Waals surface area contributed by atoms with Gasteiger partial charge in [0.25, 0.3) is 0 Å². The average Bonchev–Trinajstić information content (AvgIpc) is 3.24. The molecule has 0 bridgehead atoms. The Balaban J connectivity index is 1.65. The minimum Gasteiger partial charge on any atom is -0.462 e. The van der Waals surface area contributed by atoms with Crippen molar-refractivity contribution in [1.82, 2.24) is 9.80 Å². The number of nitrogens with one attached hydrogen (secondary N) is 1. The molecule has 7 nitrogen and oxygen atoms in total. The molecule has 0 saturated carbocycles. The molecule has 1 aliphatic heterocycles. The van der Waals surface area contributed by atoms with Crippen molar-refractivity contribution in [1.29, 1.82) is 0 Å². The number of piperidine rings is 1. The summed E-state index contributed by atoms with van der Waals surface area (Å²) in [6.07, 6.45) is 1.45. The van der Waals surface area contributed by atoms with E-state index >= 15 is 0 Å². The van der Waals surface area contributed by atoms with Crippen LogP contribution in [-0.2, 0) is 14.3 Å². The summed E-state index contributed by atoms with van der Waals surface area (Å²) in [6.45, 7) is 8.82. The number of ether oxygens (including phenoxy) is 1. The molecule has 184 valence electrons. The van der Waals surface area contributed by atoms with E-state index in [1.807, 2.05) is 23.6 Å². The van der Waals surface area contributed by atoms with Crippen molar-refractivity contribution in [3.05, 3.63) is 41.0 Å². The number of benzene rings is 1. The maximum absolute atomic E-state index is 13.4. The number of hydrogen-bond acceptors (Lipinski definition) is 6. The van der Waals surface area contributed by atoms with E-state index in [1.54, 1.807) is 24.4 Å². The van der Waals surface area contributed by atoms with Gasteiger partial charge in [-0.25, -0.2) is 9.18 Å². The lowest BCUT2D eigenvalue weighted by molar-refractivity contribution is -0.136. The highest BCUT2D eigenvalue weighted by Gasteiger charge is 2.29. The van der Waals surface area contributed by atoms with Gasteiger partial charge >= 0.3 is 5.97 Å². The minimum atomic E-state index is -0.533. The Hall–Kier alpha value is -2.78. The molecule has 1 aromatic carbocycles. The molecule has 0 radical (unpaired) electrons. The van der Waals surface area contributed by atoms with Gasteiger partial charge in [-0.1, -0.05) is 12.1 Å². The molecule has 1 aromatic heterocycles. The van der Waals surface area contributed by atoms with Gasteiger partial charge in [-0.2, -0.15) is 0 Å². The number of esters is 1. The number of hydrogen-bond donors (Lipinski definition) is 1. The Kier molecular flexibility index (Phi) is 9.18. The lowest BCUT2D eigenvalue weighted by Crippen LogP contribution is -2.44. The van der Waals surface area contributed by atoms with Crippen LogP contribution >= 0.6 is 11.3 Å². The SMILES string of the molecule is CCOC(=O)c1c(-c2ccc(F)cc2)csc1NC(=O)CN1CCC(C(=O)N(CC)CC)CC1. The van der Waals surface area contributed by atoms with E-state index in [2.05, 4.69) is 5.32 Å². The highest BCUT2D eigenvalue weighted by Crippen LogP contribution is 2.36. The van der Waals surface area contributed by atoms with Crippen molar-refractivity contribution >= 4 is 34.1 Å². The molecule has 1 fully saturated rings. The number of rotatable bonds is 9. The molecular formula is C25H32FN3O4S. The summed E-state index contributed by atoms with van der Waals surface area (Å²) in [6, 6.07) is 5.84. The predicted octanol–water partition coefficient (Wildman–Crippen LogP) is 4.25. The molecule has 2 aromatic rings. The first-order valence-corrected chi connectivity index (χ1v) is 12.6. The largest absolute Gasteiger partial charge is 0.462 e. The van der Waals surface area contributed by atoms with E-state index in [4.69, 9.17) is 4.74 Å². The second-order valence-corrected chi connectivity index (χ2v) is 9.07. The third-order valence-electron chi connectivity index (χ3n) is 6.06. The number of anilines is 1. The monoisotopic (exact) mass is 489 g/mol. The molecule has 9 heteroatoms. The fraction of sp³-hybridized carbons (Fsp3) is 0.480. The fourth-order valence-electron chi connectivity index (χ4n) is 4.20. The first kappa shape index (κ1) is 25.8. The van der Waals surface area contributed by atoms with E-state index in [0.29, 0.717) is 42.3 Å². The predicted molar refractivity (Wildman–Crippen MR) is 131 cm³/mol. The summed E-state index contributed by atoms with van der Waals surface area (Å²) in [7, 11) is 0. The van der Waals surface area contributed by atoms with Gasteiger partial charge in [0.2, 0.25) is 11.8 Å². The van der Waals surface area contributed by atoms with Crippen molar-refractivity contribution in [2.45, 2.75) is 33.6 Å². The topological polar surface area (TPSA) is 79.0 Å². The molecule has 2 amide bonds. The molecular weight excluding hydrogens is 457 g/mol. The highest BCUT2D eigenvalue weighted by molar-refractivity contribution is 7.15. The van der Waals surface area contributed by atoms with E-state index in [1.165, 1.54) is 23.5 Å². The highest BCUT2D eigenvalue weighted by atomic mass is 32.1.